The molecule has 1 fully saturated rings. The molecule has 2 N–H and O–H groups in total. The maximum atomic E-state index is 12.4. The van der Waals surface area contributed by atoms with E-state index in [2.05, 4.69) is 15.6 Å². The molecule has 1 amide bonds. The number of carbonyl (C=O) groups is 1. The fourth-order valence-corrected chi connectivity index (χ4v) is 3.32. The molecule has 0 radical (unpaired) electrons. The van der Waals surface area contributed by atoms with Crippen LogP contribution >= 0.6 is 24.0 Å². The smallest absolute Gasteiger partial charge is 0.229 e. The third-order valence-electron chi connectivity index (χ3n) is 4.69. The van der Waals surface area contributed by atoms with Gasteiger partial charge in [-0.2, -0.15) is 0 Å². The van der Waals surface area contributed by atoms with Crippen LogP contribution in [-0.4, -0.2) is 45.7 Å². The zero-order valence-corrected chi connectivity index (χ0v) is 19.2. The molecule has 156 valence electrons. The Labute approximate surface area is 188 Å². The molecule has 3 rings (SSSR count). The minimum absolute atomic E-state index is 0. The average Bonchev–Trinajstić information content (AvgIpc) is 3.11. The van der Waals surface area contributed by atoms with Crippen molar-refractivity contribution < 1.29 is 14.3 Å². The number of halogens is 1. The summed E-state index contributed by atoms with van der Waals surface area (Å²) in [7, 11) is 4.95. The molecule has 2 aromatic rings. The molecule has 0 aromatic heterocycles. The summed E-state index contributed by atoms with van der Waals surface area (Å²) in [6.45, 7) is 1.12. The zero-order valence-electron chi connectivity index (χ0n) is 16.8. The van der Waals surface area contributed by atoms with E-state index in [0.29, 0.717) is 37.0 Å². The summed E-state index contributed by atoms with van der Waals surface area (Å²) < 4.78 is 10.8. The summed E-state index contributed by atoms with van der Waals surface area (Å²) in [5.74, 6) is 2.12. The quantitative estimate of drug-likeness (QED) is 0.355. The van der Waals surface area contributed by atoms with Crippen molar-refractivity contribution in [2.75, 3.05) is 32.7 Å². The van der Waals surface area contributed by atoms with Gasteiger partial charge in [0.05, 0.1) is 20.3 Å². The van der Waals surface area contributed by atoms with Crippen LogP contribution in [0.4, 0.5) is 5.69 Å². The Morgan fingerprint density at radius 3 is 2.55 bits per heavy atom. The molecule has 1 atom stereocenters. The van der Waals surface area contributed by atoms with Crippen LogP contribution in [0.5, 0.6) is 11.5 Å². The highest BCUT2D eigenvalue weighted by atomic mass is 127. The number of benzene rings is 2. The number of guanidine groups is 1. The van der Waals surface area contributed by atoms with Gasteiger partial charge in [-0.25, -0.2) is 0 Å². The number of hydrogen-bond donors (Lipinski definition) is 2. The van der Waals surface area contributed by atoms with Gasteiger partial charge in [-0.15, -0.1) is 24.0 Å². The van der Waals surface area contributed by atoms with Crippen molar-refractivity contribution in [2.24, 2.45) is 4.99 Å². The van der Waals surface area contributed by atoms with Crippen molar-refractivity contribution >= 4 is 41.5 Å². The number of carbonyl (C=O) groups excluding carboxylic acids is 1. The van der Waals surface area contributed by atoms with Crippen molar-refractivity contribution in [3.63, 3.8) is 0 Å². The Hall–Kier alpha value is -2.49. The monoisotopic (exact) mass is 510 g/mol. The van der Waals surface area contributed by atoms with Gasteiger partial charge in [0.1, 0.15) is 0 Å². The Morgan fingerprint density at radius 2 is 1.90 bits per heavy atom. The van der Waals surface area contributed by atoms with E-state index in [9.17, 15) is 4.79 Å². The van der Waals surface area contributed by atoms with E-state index in [1.807, 2.05) is 48.5 Å². The fraction of sp³-hybridized carbons (Fsp3) is 0.333. The number of anilines is 1. The molecular formula is C21H27IN4O3. The molecule has 1 unspecified atom stereocenters. The van der Waals surface area contributed by atoms with Crippen molar-refractivity contribution in [2.45, 2.75) is 19.0 Å². The molecule has 2 aromatic carbocycles. The van der Waals surface area contributed by atoms with Crippen LogP contribution in [0.3, 0.4) is 0 Å². The Balaban J connectivity index is 0.00000300. The lowest BCUT2D eigenvalue weighted by atomic mass is 10.2. The molecule has 1 aliphatic heterocycles. The number of aliphatic imine (C=N–C) groups is 1. The maximum absolute atomic E-state index is 12.4. The number of nitrogens with one attached hydrogen (secondary N) is 2. The number of para-hydroxylation sites is 2. The van der Waals surface area contributed by atoms with Gasteiger partial charge in [-0.3, -0.25) is 9.79 Å². The molecule has 0 bridgehead atoms. The van der Waals surface area contributed by atoms with E-state index < -0.39 is 0 Å². The van der Waals surface area contributed by atoms with Gasteiger partial charge in [0.2, 0.25) is 5.91 Å². The number of methoxy groups -OCH3 is 2. The minimum atomic E-state index is -0.00823. The summed E-state index contributed by atoms with van der Waals surface area (Å²) in [4.78, 5) is 18.5. The third kappa shape index (κ3) is 5.53. The van der Waals surface area contributed by atoms with Crippen LogP contribution in [0.15, 0.2) is 53.5 Å². The molecule has 1 saturated heterocycles. The number of hydrogen-bond acceptors (Lipinski definition) is 4. The molecule has 1 heterocycles. The summed E-state index contributed by atoms with van der Waals surface area (Å²) >= 11 is 0. The summed E-state index contributed by atoms with van der Waals surface area (Å²) in [5, 5.41) is 6.62. The number of nitrogens with zero attached hydrogens (tertiary/aromatic N) is 2. The zero-order chi connectivity index (χ0) is 19.9. The van der Waals surface area contributed by atoms with E-state index in [0.717, 1.165) is 11.3 Å². The van der Waals surface area contributed by atoms with Gasteiger partial charge >= 0.3 is 0 Å². The van der Waals surface area contributed by atoms with Gasteiger partial charge in [0.15, 0.2) is 17.5 Å². The maximum Gasteiger partial charge on any atom is 0.229 e. The Bertz CT molecular complexity index is 845. The lowest BCUT2D eigenvalue weighted by Gasteiger charge is -2.19. The van der Waals surface area contributed by atoms with E-state index in [1.54, 1.807) is 26.2 Å². The lowest BCUT2D eigenvalue weighted by molar-refractivity contribution is -0.117. The van der Waals surface area contributed by atoms with Gasteiger partial charge in [0, 0.05) is 37.8 Å². The second kappa shape index (κ2) is 10.9. The molecule has 0 aliphatic carbocycles. The second-order valence-electron chi connectivity index (χ2n) is 6.46. The van der Waals surface area contributed by atoms with Crippen LogP contribution in [0.2, 0.25) is 0 Å². The fourth-order valence-electron chi connectivity index (χ4n) is 3.32. The van der Waals surface area contributed by atoms with E-state index >= 15 is 0 Å². The molecule has 7 nitrogen and oxygen atoms in total. The SMILES string of the molecule is CN=C(NCc1cccc(OC)c1OC)NC1CC(=O)N(c2ccccc2)C1.I. The van der Waals surface area contributed by atoms with Crippen molar-refractivity contribution in [3.8, 4) is 11.5 Å². The van der Waals surface area contributed by atoms with Crippen LogP contribution in [0.25, 0.3) is 0 Å². The van der Waals surface area contributed by atoms with Gasteiger partial charge in [-0.05, 0) is 18.2 Å². The highest BCUT2D eigenvalue weighted by Crippen LogP contribution is 2.30. The third-order valence-corrected chi connectivity index (χ3v) is 4.69. The first-order valence-corrected chi connectivity index (χ1v) is 9.18. The predicted octanol–water partition coefficient (Wildman–Crippen LogP) is 2.79. The molecule has 1 aliphatic rings. The molecule has 0 spiro atoms. The second-order valence-corrected chi connectivity index (χ2v) is 6.46. The first kappa shape index (κ1) is 22.8. The van der Waals surface area contributed by atoms with E-state index in [4.69, 9.17) is 9.47 Å². The summed E-state index contributed by atoms with van der Waals surface area (Å²) in [6.07, 6.45) is 0.429. The van der Waals surface area contributed by atoms with E-state index in [1.165, 1.54) is 0 Å². The summed E-state index contributed by atoms with van der Waals surface area (Å²) in [6, 6.07) is 15.4. The largest absolute Gasteiger partial charge is 0.493 e. The van der Waals surface area contributed by atoms with Crippen LogP contribution in [0, 0.1) is 0 Å². The number of amides is 1. The Morgan fingerprint density at radius 1 is 1.14 bits per heavy atom. The first-order chi connectivity index (χ1) is 13.7. The van der Waals surface area contributed by atoms with Crippen molar-refractivity contribution in [1.82, 2.24) is 10.6 Å². The number of rotatable bonds is 6. The minimum Gasteiger partial charge on any atom is -0.493 e. The highest BCUT2D eigenvalue weighted by Gasteiger charge is 2.31. The predicted molar refractivity (Wildman–Crippen MR) is 125 cm³/mol. The van der Waals surface area contributed by atoms with Crippen LogP contribution in [0.1, 0.15) is 12.0 Å². The molecule has 0 saturated carbocycles. The van der Waals surface area contributed by atoms with Crippen molar-refractivity contribution in [1.29, 1.82) is 0 Å². The van der Waals surface area contributed by atoms with E-state index in [-0.39, 0.29) is 35.9 Å². The van der Waals surface area contributed by atoms with Crippen LogP contribution < -0.4 is 25.0 Å². The molecule has 8 heteroatoms. The average molecular weight is 510 g/mol. The van der Waals surface area contributed by atoms with Gasteiger partial charge < -0.3 is 25.0 Å². The molecular weight excluding hydrogens is 483 g/mol. The highest BCUT2D eigenvalue weighted by molar-refractivity contribution is 14.0. The Kier molecular flexibility index (Phi) is 8.56. The summed E-state index contributed by atoms with van der Waals surface area (Å²) in [5.41, 5.74) is 1.87. The number of ether oxygens (including phenoxy) is 2. The van der Waals surface area contributed by atoms with Crippen molar-refractivity contribution in [3.05, 3.63) is 54.1 Å². The van der Waals surface area contributed by atoms with Crippen LogP contribution in [-0.2, 0) is 11.3 Å². The lowest BCUT2D eigenvalue weighted by Crippen LogP contribution is -2.44. The normalized spacial score (nSPS) is 16.2. The van der Waals surface area contributed by atoms with Gasteiger partial charge in [-0.1, -0.05) is 30.3 Å². The van der Waals surface area contributed by atoms with Gasteiger partial charge in [0.25, 0.3) is 0 Å². The topological polar surface area (TPSA) is 75.2 Å². The molecule has 29 heavy (non-hydrogen) atoms. The first-order valence-electron chi connectivity index (χ1n) is 9.18. The standard InChI is InChI=1S/C21H26N4O3.HI/c1-22-21(23-13-15-8-7-11-18(27-2)20(15)28-3)24-16-12-19(26)25(14-16)17-9-5-4-6-10-17;/h4-11,16H,12-14H2,1-3H3,(H2,22,23,24);1H.